The Morgan fingerprint density at radius 1 is 0.861 bits per heavy atom. The first kappa shape index (κ1) is 22.0. The van der Waals surface area contributed by atoms with Gasteiger partial charge in [-0.25, -0.2) is 4.39 Å². The summed E-state index contributed by atoms with van der Waals surface area (Å²) in [6, 6.07) is 18.4. The summed E-state index contributed by atoms with van der Waals surface area (Å²) in [6.45, 7) is 2.22. The summed E-state index contributed by atoms with van der Waals surface area (Å²) in [7, 11) is 0. The van der Waals surface area contributed by atoms with Crippen molar-refractivity contribution in [3.8, 4) is 11.5 Å². The van der Waals surface area contributed by atoms with Crippen molar-refractivity contribution in [3.63, 3.8) is 0 Å². The normalized spacial score (nSPS) is 14.8. The number of benzene rings is 3. The van der Waals surface area contributed by atoms with Crippen LogP contribution in [-0.4, -0.2) is 49.7 Å². The molecule has 2 amide bonds. The molecule has 3 heterocycles. The molecule has 0 bridgehead atoms. The van der Waals surface area contributed by atoms with Crippen LogP contribution >= 0.6 is 0 Å². The van der Waals surface area contributed by atoms with Crippen LogP contribution in [0.3, 0.4) is 0 Å². The molecule has 1 fully saturated rings. The van der Waals surface area contributed by atoms with Crippen LogP contribution in [0, 0.1) is 5.82 Å². The number of para-hydroxylation sites is 1. The molecule has 0 aliphatic carbocycles. The number of carbonyl (C=O) groups is 2. The van der Waals surface area contributed by atoms with E-state index >= 15 is 0 Å². The van der Waals surface area contributed by atoms with Crippen LogP contribution in [0.4, 0.5) is 15.8 Å². The second kappa shape index (κ2) is 8.92. The van der Waals surface area contributed by atoms with E-state index in [2.05, 4.69) is 10.2 Å². The van der Waals surface area contributed by atoms with E-state index in [-0.39, 0.29) is 24.3 Å². The van der Waals surface area contributed by atoms with Crippen LogP contribution in [0.2, 0.25) is 0 Å². The third-order valence-electron chi connectivity index (χ3n) is 6.42. The van der Waals surface area contributed by atoms with E-state index < -0.39 is 5.91 Å². The quantitative estimate of drug-likeness (QED) is 0.456. The Kier molecular flexibility index (Phi) is 5.44. The number of piperazine rings is 1. The number of hydrogen-bond donors (Lipinski definition) is 1. The number of carbonyl (C=O) groups excluding carboxylic acids is 2. The molecular weight excluding hydrogens is 465 g/mol. The summed E-state index contributed by atoms with van der Waals surface area (Å²) in [4.78, 5) is 30.5. The summed E-state index contributed by atoms with van der Waals surface area (Å²) in [5.74, 6) is 0.181. The third-order valence-corrected chi connectivity index (χ3v) is 6.42. The smallest absolute Gasteiger partial charge is 0.291 e. The van der Waals surface area contributed by atoms with E-state index in [9.17, 15) is 14.0 Å². The number of nitrogens with one attached hydrogen (secondary N) is 1. The van der Waals surface area contributed by atoms with Gasteiger partial charge in [0.15, 0.2) is 11.5 Å². The Hall–Kier alpha value is -4.53. The SMILES string of the molecule is O=C(Nc1c(C(=O)N2CCN(c3ccc(F)cc3)CC2)oc2ccccc12)c1ccc2c(c1)OCO2. The molecule has 3 aromatic carbocycles. The standard InChI is InChI=1S/C27H22FN3O5/c28-18-6-8-19(9-7-18)30-11-13-31(14-12-30)27(33)25-24(20-3-1-2-4-21(20)36-25)29-26(32)17-5-10-22-23(15-17)35-16-34-22/h1-10,15H,11-14,16H2,(H,29,32). The minimum absolute atomic E-state index is 0.0838. The van der Waals surface area contributed by atoms with Crippen molar-refractivity contribution in [1.29, 1.82) is 0 Å². The van der Waals surface area contributed by atoms with E-state index in [1.165, 1.54) is 12.1 Å². The minimum atomic E-state index is -0.393. The first-order chi connectivity index (χ1) is 17.6. The van der Waals surface area contributed by atoms with Gasteiger partial charge in [-0.3, -0.25) is 9.59 Å². The lowest BCUT2D eigenvalue weighted by Gasteiger charge is -2.35. The van der Waals surface area contributed by atoms with Crippen molar-refractivity contribution in [2.24, 2.45) is 0 Å². The van der Waals surface area contributed by atoms with Crippen molar-refractivity contribution in [2.75, 3.05) is 43.2 Å². The predicted molar refractivity (Wildman–Crippen MR) is 131 cm³/mol. The third kappa shape index (κ3) is 3.98. The topological polar surface area (TPSA) is 84.3 Å². The molecule has 1 aromatic heterocycles. The van der Waals surface area contributed by atoms with Crippen LogP contribution in [0.5, 0.6) is 11.5 Å². The molecule has 9 heteroatoms. The zero-order valence-electron chi connectivity index (χ0n) is 19.2. The minimum Gasteiger partial charge on any atom is -0.454 e. The molecular formula is C27H22FN3O5. The van der Waals surface area contributed by atoms with E-state index in [1.807, 2.05) is 12.1 Å². The molecule has 6 rings (SSSR count). The highest BCUT2D eigenvalue weighted by Gasteiger charge is 2.29. The number of ether oxygens (including phenoxy) is 2. The fourth-order valence-corrected chi connectivity index (χ4v) is 4.51. The number of furan rings is 1. The number of rotatable bonds is 4. The van der Waals surface area contributed by atoms with Crippen LogP contribution in [0.15, 0.2) is 71.1 Å². The van der Waals surface area contributed by atoms with Gasteiger partial charge in [-0.2, -0.15) is 0 Å². The molecule has 36 heavy (non-hydrogen) atoms. The Bertz CT molecular complexity index is 1460. The zero-order chi connectivity index (χ0) is 24.6. The Labute approximate surface area is 205 Å². The summed E-state index contributed by atoms with van der Waals surface area (Å²) in [5.41, 5.74) is 2.12. The van der Waals surface area contributed by atoms with E-state index in [0.717, 1.165) is 5.69 Å². The summed E-state index contributed by atoms with van der Waals surface area (Å²) in [5, 5.41) is 3.52. The van der Waals surface area contributed by atoms with Crippen LogP contribution in [0.1, 0.15) is 20.9 Å². The van der Waals surface area contributed by atoms with Crippen molar-refractivity contribution in [1.82, 2.24) is 4.90 Å². The van der Waals surface area contributed by atoms with Crippen molar-refractivity contribution in [3.05, 3.63) is 83.9 Å². The first-order valence-corrected chi connectivity index (χ1v) is 11.6. The fourth-order valence-electron chi connectivity index (χ4n) is 4.51. The highest BCUT2D eigenvalue weighted by Crippen LogP contribution is 2.35. The van der Waals surface area contributed by atoms with Crippen molar-refractivity contribution < 1.29 is 27.9 Å². The molecule has 0 atom stereocenters. The molecule has 2 aliphatic rings. The van der Waals surface area contributed by atoms with Gasteiger partial charge in [-0.05, 0) is 54.6 Å². The largest absolute Gasteiger partial charge is 0.454 e. The zero-order valence-corrected chi connectivity index (χ0v) is 19.2. The first-order valence-electron chi connectivity index (χ1n) is 11.6. The molecule has 1 N–H and O–H groups in total. The van der Waals surface area contributed by atoms with Gasteiger partial charge in [0.05, 0.1) is 0 Å². The van der Waals surface area contributed by atoms with Gasteiger partial charge in [0.1, 0.15) is 17.1 Å². The Morgan fingerprint density at radius 2 is 1.61 bits per heavy atom. The number of amides is 2. The molecule has 0 spiro atoms. The Morgan fingerprint density at radius 3 is 2.42 bits per heavy atom. The lowest BCUT2D eigenvalue weighted by atomic mass is 10.1. The van der Waals surface area contributed by atoms with Crippen LogP contribution in [0.25, 0.3) is 11.0 Å². The number of fused-ring (bicyclic) bond motifs is 2. The second-order valence-corrected chi connectivity index (χ2v) is 8.58. The van der Waals surface area contributed by atoms with Gasteiger partial charge in [-0.15, -0.1) is 0 Å². The summed E-state index contributed by atoms with van der Waals surface area (Å²) < 4.78 is 29.9. The average molecular weight is 487 g/mol. The van der Waals surface area contributed by atoms with Gasteiger partial charge in [-0.1, -0.05) is 12.1 Å². The molecule has 8 nitrogen and oxygen atoms in total. The highest BCUT2D eigenvalue weighted by molar-refractivity contribution is 6.14. The number of hydrogen-bond acceptors (Lipinski definition) is 6. The molecule has 2 aliphatic heterocycles. The number of anilines is 2. The second-order valence-electron chi connectivity index (χ2n) is 8.58. The van der Waals surface area contributed by atoms with Gasteiger partial charge in [0.25, 0.3) is 11.8 Å². The summed E-state index contributed by atoms with van der Waals surface area (Å²) in [6.07, 6.45) is 0. The van der Waals surface area contributed by atoms with E-state index in [1.54, 1.807) is 47.4 Å². The average Bonchev–Trinajstić information content (AvgIpc) is 3.53. The predicted octanol–water partition coefficient (Wildman–Crippen LogP) is 4.52. The number of halogens is 1. The highest BCUT2D eigenvalue weighted by atomic mass is 19.1. The van der Waals surface area contributed by atoms with Crippen LogP contribution < -0.4 is 19.7 Å². The maximum absolute atomic E-state index is 13.5. The van der Waals surface area contributed by atoms with Crippen LogP contribution in [-0.2, 0) is 0 Å². The van der Waals surface area contributed by atoms with Crippen molar-refractivity contribution in [2.45, 2.75) is 0 Å². The molecule has 182 valence electrons. The van der Waals surface area contributed by atoms with E-state index in [0.29, 0.717) is 59.9 Å². The molecule has 1 saturated heterocycles. The maximum Gasteiger partial charge on any atom is 0.291 e. The van der Waals surface area contributed by atoms with Gasteiger partial charge < -0.3 is 29.0 Å². The Balaban J connectivity index is 1.24. The maximum atomic E-state index is 13.5. The summed E-state index contributed by atoms with van der Waals surface area (Å²) >= 11 is 0. The van der Waals surface area contributed by atoms with Gasteiger partial charge >= 0.3 is 0 Å². The monoisotopic (exact) mass is 487 g/mol. The fraction of sp³-hybridized carbons (Fsp3) is 0.185. The lowest BCUT2D eigenvalue weighted by Crippen LogP contribution is -2.48. The molecule has 4 aromatic rings. The number of nitrogens with zero attached hydrogens (tertiary/aromatic N) is 2. The molecule has 0 radical (unpaired) electrons. The van der Waals surface area contributed by atoms with Crippen molar-refractivity contribution >= 4 is 34.2 Å². The van der Waals surface area contributed by atoms with Gasteiger partial charge in [0, 0.05) is 42.8 Å². The molecule has 0 saturated carbocycles. The molecule has 0 unspecified atom stereocenters. The lowest BCUT2D eigenvalue weighted by molar-refractivity contribution is 0.0718. The van der Waals surface area contributed by atoms with Gasteiger partial charge in [0.2, 0.25) is 12.6 Å². The van der Waals surface area contributed by atoms with E-state index in [4.69, 9.17) is 13.9 Å².